The van der Waals surface area contributed by atoms with Crippen LogP contribution in [0.1, 0.15) is 17.5 Å². The normalized spacial score (nSPS) is 13.0. The molecule has 0 aliphatic heterocycles. The Kier molecular flexibility index (Phi) is 2.32. The van der Waals surface area contributed by atoms with Crippen molar-refractivity contribution >= 4 is 0 Å². The zero-order chi connectivity index (χ0) is 9.97. The van der Waals surface area contributed by atoms with Gasteiger partial charge >= 0.3 is 0 Å². The lowest BCUT2D eigenvalue weighted by atomic mass is 10.1. The molecule has 0 saturated carbocycles. The molecule has 1 unspecified atom stereocenters. The van der Waals surface area contributed by atoms with Gasteiger partial charge in [0.1, 0.15) is 5.76 Å². The second kappa shape index (κ2) is 3.63. The summed E-state index contributed by atoms with van der Waals surface area (Å²) in [6.45, 7) is 0. The fraction of sp³-hybridized carbons (Fsp3) is 0.333. The fourth-order valence-corrected chi connectivity index (χ4v) is 1.28. The van der Waals surface area contributed by atoms with Gasteiger partial charge in [0.25, 0.3) is 0 Å². The van der Waals surface area contributed by atoms with Gasteiger partial charge in [0.2, 0.25) is 0 Å². The average Bonchev–Trinajstić information content (AvgIpc) is 2.75. The molecule has 5 nitrogen and oxygen atoms in total. The third-order valence-corrected chi connectivity index (χ3v) is 2.00. The number of furan rings is 1. The van der Waals surface area contributed by atoms with Crippen molar-refractivity contribution in [3.63, 3.8) is 0 Å². The van der Waals surface area contributed by atoms with Gasteiger partial charge in [0.05, 0.1) is 24.2 Å². The lowest BCUT2D eigenvalue weighted by Crippen LogP contribution is -2.14. The van der Waals surface area contributed by atoms with Gasteiger partial charge in [-0.1, -0.05) is 0 Å². The van der Waals surface area contributed by atoms with E-state index in [9.17, 15) is 0 Å². The summed E-state index contributed by atoms with van der Waals surface area (Å²) >= 11 is 0. The first-order valence-corrected chi connectivity index (χ1v) is 4.40. The lowest BCUT2D eigenvalue weighted by Gasteiger charge is -2.04. The molecule has 2 aromatic rings. The van der Waals surface area contributed by atoms with E-state index >= 15 is 0 Å². The maximum Gasteiger partial charge on any atom is 0.105 e. The van der Waals surface area contributed by atoms with Crippen LogP contribution >= 0.6 is 0 Å². The van der Waals surface area contributed by atoms with E-state index < -0.39 is 0 Å². The zero-order valence-corrected chi connectivity index (χ0v) is 7.92. The minimum absolute atomic E-state index is 0.158. The summed E-state index contributed by atoms with van der Waals surface area (Å²) in [5.74, 6) is 0.864. The first-order chi connectivity index (χ1) is 6.75. The van der Waals surface area contributed by atoms with Crippen LogP contribution in [0.5, 0.6) is 0 Å². The Morgan fingerprint density at radius 2 is 2.50 bits per heavy atom. The number of hydrogen-bond acceptors (Lipinski definition) is 4. The molecular weight excluding hydrogens is 180 g/mol. The predicted octanol–water partition coefficient (Wildman–Crippen LogP) is 0.651. The van der Waals surface area contributed by atoms with E-state index in [0.29, 0.717) is 6.42 Å². The highest BCUT2D eigenvalue weighted by atomic mass is 16.3. The second-order valence-corrected chi connectivity index (χ2v) is 3.15. The molecule has 74 valence electrons. The Morgan fingerprint density at radius 1 is 1.64 bits per heavy atom. The molecule has 5 heteroatoms. The van der Waals surface area contributed by atoms with Gasteiger partial charge in [0.15, 0.2) is 0 Å². The van der Waals surface area contributed by atoms with E-state index in [-0.39, 0.29) is 6.04 Å². The molecule has 0 aromatic carbocycles. The highest BCUT2D eigenvalue weighted by Crippen LogP contribution is 2.13. The van der Waals surface area contributed by atoms with Crippen LogP contribution in [0, 0.1) is 0 Å². The van der Waals surface area contributed by atoms with Crippen LogP contribution in [0.25, 0.3) is 0 Å². The van der Waals surface area contributed by atoms with E-state index in [1.807, 2.05) is 12.1 Å². The molecule has 2 N–H and O–H groups in total. The van der Waals surface area contributed by atoms with Crippen molar-refractivity contribution in [2.45, 2.75) is 12.5 Å². The summed E-state index contributed by atoms with van der Waals surface area (Å²) in [6.07, 6.45) is 3.96. The van der Waals surface area contributed by atoms with Crippen LogP contribution in [0.2, 0.25) is 0 Å². The van der Waals surface area contributed by atoms with E-state index in [4.69, 9.17) is 10.2 Å². The molecule has 0 aliphatic carbocycles. The van der Waals surface area contributed by atoms with Crippen molar-refractivity contribution in [3.8, 4) is 0 Å². The number of nitrogens with zero attached hydrogens (tertiary/aromatic N) is 3. The Morgan fingerprint density at radius 3 is 3.07 bits per heavy atom. The van der Waals surface area contributed by atoms with E-state index in [1.54, 1.807) is 19.5 Å². The van der Waals surface area contributed by atoms with Gasteiger partial charge in [-0.05, 0) is 12.1 Å². The summed E-state index contributed by atoms with van der Waals surface area (Å²) in [7, 11) is 1.77. The summed E-state index contributed by atoms with van der Waals surface area (Å²) < 4.78 is 5.20. The fourth-order valence-electron chi connectivity index (χ4n) is 1.28. The van der Waals surface area contributed by atoms with E-state index in [1.165, 1.54) is 4.80 Å². The van der Waals surface area contributed by atoms with Crippen LogP contribution in [0.4, 0.5) is 0 Å². The SMILES string of the molecule is Cn1ncc(C(N)Cc2ccco2)n1. The number of aryl methyl sites for hydroxylation is 1. The molecule has 0 bridgehead atoms. The minimum Gasteiger partial charge on any atom is -0.469 e. The maximum absolute atomic E-state index is 5.92. The largest absolute Gasteiger partial charge is 0.469 e. The van der Waals surface area contributed by atoms with Crippen LogP contribution in [-0.2, 0) is 13.5 Å². The third kappa shape index (κ3) is 1.82. The molecule has 0 aliphatic rings. The van der Waals surface area contributed by atoms with Crippen LogP contribution < -0.4 is 5.73 Å². The van der Waals surface area contributed by atoms with Crippen LogP contribution in [0.15, 0.2) is 29.0 Å². The molecule has 0 radical (unpaired) electrons. The lowest BCUT2D eigenvalue weighted by molar-refractivity contribution is 0.484. The van der Waals surface area contributed by atoms with Crippen molar-refractivity contribution in [2.24, 2.45) is 12.8 Å². The molecule has 2 heterocycles. The number of nitrogens with two attached hydrogens (primary N) is 1. The summed E-state index contributed by atoms with van der Waals surface area (Å²) in [6, 6.07) is 3.59. The predicted molar refractivity (Wildman–Crippen MR) is 50.3 cm³/mol. The Bertz CT molecular complexity index is 393. The zero-order valence-electron chi connectivity index (χ0n) is 7.92. The maximum atomic E-state index is 5.92. The van der Waals surface area contributed by atoms with Crippen molar-refractivity contribution in [2.75, 3.05) is 0 Å². The number of rotatable bonds is 3. The molecular formula is C9H12N4O. The Hall–Kier alpha value is -1.62. The van der Waals surface area contributed by atoms with Gasteiger partial charge < -0.3 is 10.2 Å². The van der Waals surface area contributed by atoms with Crippen molar-refractivity contribution < 1.29 is 4.42 Å². The molecule has 0 fully saturated rings. The minimum atomic E-state index is -0.158. The average molecular weight is 192 g/mol. The van der Waals surface area contributed by atoms with Gasteiger partial charge in [0, 0.05) is 13.5 Å². The Labute approximate surface area is 81.5 Å². The van der Waals surface area contributed by atoms with Crippen molar-refractivity contribution in [1.82, 2.24) is 15.0 Å². The van der Waals surface area contributed by atoms with Crippen molar-refractivity contribution in [3.05, 3.63) is 36.0 Å². The molecule has 2 rings (SSSR count). The second-order valence-electron chi connectivity index (χ2n) is 3.15. The van der Waals surface area contributed by atoms with E-state index in [2.05, 4.69) is 10.2 Å². The van der Waals surface area contributed by atoms with Gasteiger partial charge in [-0.2, -0.15) is 15.0 Å². The van der Waals surface area contributed by atoms with Crippen LogP contribution in [0.3, 0.4) is 0 Å². The quantitative estimate of drug-likeness (QED) is 0.775. The highest BCUT2D eigenvalue weighted by molar-refractivity contribution is 5.06. The molecule has 0 amide bonds. The van der Waals surface area contributed by atoms with E-state index in [0.717, 1.165) is 11.5 Å². The summed E-state index contributed by atoms with van der Waals surface area (Å²) in [5, 5.41) is 8.09. The molecule has 1 atom stereocenters. The third-order valence-electron chi connectivity index (χ3n) is 2.00. The van der Waals surface area contributed by atoms with Crippen molar-refractivity contribution in [1.29, 1.82) is 0 Å². The first kappa shape index (κ1) is 8.96. The molecule has 14 heavy (non-hydrogen) atoms. The monoisotopic (exact) mass is 192 g/mol. The first-order valence-electron chi connectivity index (χ1n) is 4.40. The number of aromatic nitrogens is 3. The topological polar surface area (TPSA) is 69.9 Å². The van der Waals surface area contributed by atoms with Gasteiger partial charge in [-0.25, -0.2) is 0 Å². The summed E-state index contributed by atoms with van der Waals surface area (Å²) in [4.78, 5) is 1.50. The molecule has 0 spiro atoms. The molecule has 2 aromatic heterocycles. The van der Waals surface area contributed by atoms with Crippen LogP contribution in [-0.4, -0.2) is 15.0 Å². The smallest absolute Gasteiger partial charge is 0.105 e. The summed E-state index contributed by atoms with van der Waals surface area (Å²) in [5.41, 5.74) is 6.71. The molecule has 0 saturated heterocycles. The highest BCUT2D eigenvalue weighted by Gasteiger charge is 2.11. The number of hydrogen-bond donors (Lipinski definition) is 1. The van der Waals surface area contributed by atoms with Gasteiger partial charge in [-0.3, -0.25) is 0 Å². The Balaban J connectivity index is 2.06. The van der Waals surface area contributed by atoms with Gasteiger partial charge in [-0.15, -0.1) is 0 Å². The standard InChI is InChI=1S/C9H12N4O/c1-13-11-6-9(12-13)8(10)5-7-3-2-4-14-7/h2-4,6,8H,5,10H2,1H3.